The zero-order chi connectivity index (χ0) is 21.5. The van der Waals surface area contributed by atoms with Gasteiger partial charge >= 0.3 is 6.09 Å². The number of ether oxygens (including phenoxy) is 1. The molecule has 4 rings (SSSR count). The van der Waals surface area contributed by atoms with Gasteiger partial charge in [0.1, 0.15) is 5.60 Å². The Kier molecular flexibility index (Phi) is 5.26. The molecule has 3 heterocycles. The van der Waals surface area contributed by atoms with Crippen LogP contribution >= 0.6 is 0 Å². The molecule has 0 radical (unpaired) electrons. The summed E-state index contributed by atoms with van der Waals surface area (Å²) < 4.78 is 9.25. The second-order valence-corrected chi connectivity index (χ2v) is 9.18. The van der Waals surface area contributed by atoms with E-state index in [1.54, 1.807) is 15.8 Å². The summed E-state index contributed by atoms with van der Waals surface area (Å²) in [6, 6.07) is 2.14. The molecule has 3 aromatic heterocycles. The third kappa shape index (κ3) is 4.17. The number of fused-ring (bicyclic) bond motifs is 1. The van der Waals surface area contributed by atoms with Crippen molar-refractivity contribution in [3.05, 3.63) is 36.5 Å². The lowest BCUT2D eigenvalue weighted by molar-refractivity contribution is 0.0180. The van der Waals surface area contributed by atoms with E-state index in [0.717, 1.165) is 48.2 Å². The molecule has 0 aliphatic heterocycles. The van der Waals surface area contributed by atoms with E-state index >= 15 is 0 Å². The molecular weight excluding hydrogens is 380 g/mol. The molecule has 3 aromatic rings. The van der Waals surface area contributed by atoms with Gasteiger partial charge in [0.25, 0.3) is 0 Å². The smallest absolute Gasteiger partial charge is 0.410 e. The van der Waals surface area contributed by atoms with E-state index in [1.807, 2.05) is 64.0 Å². The maximum absolute atomic E-state index is 12.6. The lowest BCUT2D eigenvalue weighted by Crippen LogP contribution is -2.42. The van der Waals surface area contributed by atoms with Crippen LogP contribution in [0.2, 0.25) is 0 Å². The number of aryl methyl sites for hydroxylation is 1. The summed E-state index contributed by atoms with van der Waals surface area (Å²) in [7, 11) is 3.74. The highest BCUT2D eigenvalue weighted by molar-refractivity contribution is 5.68. The van der Waals surface area contributed by atoms with Crippen molar-refractivity contribution in [3.8, 4) is 11.3 Å². The molecule has 1 aliphatic carbocycles. The number of hydrogen-bond donors (Lipinski definition) is 0. The van der Waals surface area contributed by atoms with Gasteiger partial charge in [0.15, 0.2) is 0 Å². The van der Waals surface area contributed by atoms with Crippen molar-refractivity contribution in [2.24, 2.45) is 7.05 Å². The van der Waals surface area contributed by atoms with Crippen LogP contribution in [0.25, 0.3) is 16.8 Å². The fourth-order valence-electron chi connectivity index (χ4n) is 4.19. The number of carbonyl (C=O) groups excluding carboxylic acids is 1. The molecule has 1 saturated carbocycles. The van der Waals surface area contributed by atoms with Gasteiger partial charge < -0.3 is 9.64 Å². The quantitative estimate of drug-likeness (QED) is 0.652. The first-order chi connectivity index (χ1) is 14.2. The number of amides is 1. The van der Waals surface area contributed by atoms with Gasteiger partial charge in [-0.1, -0.05) is 6.42 Å². The molecule has 2 atom stereocenters. The van der Waals surface area contributed by atoms with Crippen molar-refractivity contribution >= 4 is 11.6 Å². The third-order valence-corrected chi connectivity index (χ3v) is 5.68. The minimum Gasteiger partial charge on any atom is -0.444 e. The third-order valence-electron chi connectivity index (χ3n) is 5.68. The van der Waals surface area contributed by atoms with Gasteiger partial charge in [-0.2, -0.15) is 10.2 Å². The van der Waals surface area contributed by atoms with Crippen LogP contribution in [0.3, 0.4) is 0 Å². The molecule has 0 saturated heterocycles. The second kappa shape index (κ2) is 7.74. The van der Waals surface area contributed by atoms with Crippen molar-refractivity contribution in [2.75, 3.05) is 7.05 Å². The Bertz CT molecular complexity index is 1050. The maximum atomic E-state index is 12.6. The van der Waals surface area contributed by atoms with Crippen LogP contribution in [-0.4, -0.2) is 54.1 Å². The minimum absolute atomic E-state index is 0.130. The summed E-state index contributed by atoms with van der Waals surface area (Å²) in [5, 5.41) is 8.73. The van der Waals surface area contributed by atoms with Gasteiger partial charge in [0.05, 0.1) is 35.5 Å². The predicted molar refractivity (Wildman–Crippen MR) is 114 cm³/mol. The number of hydrogen-bond acceptors (Lipinski definition) is 5. The van der Waals surface area contributed by atoms with E-state index in [9.17, 15) is 4.79 Å². The van der Waals surface area contributed by atoms with Crippen LogP contribution in [0.5, 0.6) is 0 Å². The molecule has 0 unspecified atom stereocenters. The molecule has 1 amide bonds. The summed E-state index contributed by atoms with van der Waals surface area (Å²) in [5.41, 5.74) is 3.39. The SMILES string of the molecule is CN(C(=O)OC(C)(C)C)[C@@H]1CCC[C@H](c2nc(-c3cnn(C)c3)cn3nccc23)C1. The van der Waals surface area contributed by atoms with Gasteiger partial charge in [-0.25, -0.2) is 14.3 Å². The largest absolute Gasteiger partial charge is 0.444 e. The van der Waals surface area contributed by atoms with Gasteiger partial charge in [-0.05, 0) is 46.1 Å². The summed E-state index contributed by atoms with van der Waals surface area (Å²) in [6.07, 6.45) is 11.2. The highest BCUT2D eigenvalue weighted by atomic mass is 16.6. The zero-order valence-electron chi connectivity index (χ0n) is 18.4. The Balaban J connectivity index is 1.62. The highest BCUT2D eigenvalue weighted by Crippen LogP contribution is 2.37. The molecule has 160 valence electrons. The molecule has 30 heavy (non-hydrogen) atoms. The van der Waals surface area contributed by atoms with E-state index in [0.29, 0.717) is 0 Å². The molecule has 8 nitrogen and oxygen atoms in total. The maximum Gasteiger partial charge on any atom is 0.410 e. The topological polar surface area (TPSA) is 77.6 Å². The van der Waals surface area contributed by atoms with E-state index < -0.39 is 5.60 Å². The van der Waals surface area contributed by atoms with Gasteiger partial charge in [0.2, 0.25) is 0 Å². The van der Waals surface area contributed by atoms with Crippen LogP contribution in [0.4, 0.5) is 4.79 Å². The molecule has 0 N–H and O–H groups in total. The molecule has 0 spiro atoms. The fourth-order valence-corrected chi connectivity index (χ4v) is 4.19. The Hall–Kier alpha value is -2.90. The van der Waals surface area contributed by atoms with E-state index in [2.05, 4.69) is 10.2 Å². The molecule has 1 aliphatic rings. The van der Waals surface area contributed by atoms with Gasteiger partial charge in [0, 0.05) is 37.8 Å². The summed E-state index contributed by atoms with van der Waals surface area (Å²) in [6.45, 7) is 5.69. The van der Waals surface area contributed by atoms with Crippen molar-refractivity contribution in [3.63, 3.8) is 0 Å². The summed E-state index contributed by atoms with van der Waals surface area (Å²) in [4.78, 5) is 19.4. The van der Waals surface area contributed by atoms with Crippen LogP contribution in [0, 0.1) is 0 Å². The molecule has 8 heteroatoms. The molecule has 0 bridgehead atoms. The Labute approximate surface area is 176 Å². The summed E-state index contributed by atoms with van der Waals surface area (Å²) in [5.74, 6) is 0.254. The number of aromatic nitrogens is 5. The minimum atomic E-state index is -0.497. The van der Waals surface area contributed by atoms with Crippen molar-refractivity contribution < 1.29 is 9.53 Å². The molecule has 1 fully saturated rings. The lowest BCUT2D eigenvalue weighted by Gasteiger charge is -2.36. The van der Waals surface area contributed by atoms with Crippen LogP contribution < -0.4 is 0 Å². The number of nitrogens with zero attached hydrogens (tertiary/aromatic N) is 6. The van der Waals surface area contributed by atoms with Gasteiger partial charge in [-0.15, -0.1) is 0 Å². The summed E-state index contributed by atoms with van der Waals surface area (Å²) >= 11 is 0. The van der Waals surface area contributed by atoms with Crippen molar-refractivity contribution in [1.82, 2.24) is 29.3 Å². The fraction of sp³-hybridized carbons (Fsp3) is 0.545. The van der Waals surface area contributed by atoms with E-state index in [4.69, 9.17) is 9.72 Å². The first-order valence-corrected chi connectivity index (χ1v) is 10.5. The Morgan fingerprint density at radius 1 is 1.23 bits per heavy atom. The number of rotatable bonds is 3. The second-order valence-electron chi connectivity index (χ2n) is 9.18. The Morgan fingerprint density at radius 3 is 2.73 bits per heavy atom. The van der Waals surface area contributed by atoms with Gasteiger partial charge in [-0.3, -0.25) is 4.68 Å². The first-order valence-electron chi connectivity index (χ1n) is 10.5. The zero-order valence-corrected chi connectivity index (χ0v) is 18.4. The highest BCUT2D eigenvalue weighted by Gasteiger charge is 2.32. The van der Waals surface area contributed by atoms with Crippen LogP contribution in [0.1, 0.15) is 58.1 Å². The molecular formula is C22H30N6O2. The predicted octanol–water partition coefficient (Wildman–Crippen LogP) is 4.02. The van der Waals surface area contributed by atoms with E-state index in [1.165, 1.54) is 0 Å². The lowest BCUT2D eigenvalue weighted by atomic mass is 9.82. The normalized spacial score (nSPS) is 19.8. The monoisotopic (exact) mass is 410 g/mol. The Morgan fingerprint density at radius 2 is 2.03 bits per heavy atom. The average molecular weight is 411 g/mol. The first kappa shape index (κ1) is 20.4. The van der Waals surface area contributed by atoms with Crippen molar-refractivity contribution in [1.29, 1.82) is 0 Å². The van der Waals surface area contributed by atoms with Crippen LogP contribution in [-0.2, 0) is 11.8 Å². The molecule has 0 aromatic carbocycles. The standard InChI is InChI=1S/C22H30N6O2/c1-22(2,3)30-21(29)27(5)17-8-6-7-15(11-17)20-19-9-10-23-28(19)14-18(25-20)16-12-24-26(4)13-16/h9-10,12-15,17H,6-8,11H2,1-5H3/t15-,17+/m0/s1. The average Bonchev–Trinajstić information content (AvgIpc) is 3.34. The number of carbonyl (C=O) groups is 1. The van der Waals surface area contributed by atoms with Crippen LogP contribution in [0.15, 0.2) is 30.9 Å². The van der Waals surface area contributed by atoms with Crippen molar-refractivity contribution in [2.45, 2.75) is 64.0 Å². The van der Waals surface area contributed by atoms with E-state index in [-0.39, 0.29) is 18.1 Å².